The Labute approximate surface area is 159 Å². The second-order valence-electron chi connectivity index (χ2n) is 6.68. The molecule has 0 radical (unpaired) electrons. The van der Waals surface area contributed by atoms with E-state index in [1.165, 1.54) is 12.1 Å². The third-order valence-corrected chi connectivity index (χ3v) is 4.96. The number of anilines is 3. The van der Waals surface area contributed by atoms with Gasteiger partial charge in [-0.3, -0.25) is 10.2 Å². The zero-order valence-electron chi connectivity index (χ0n) is 14.6. The minimum Gasteiger partial charge on any atom is -0.347 e. The molecule has 0 unspecified atom stereocenters. The van der Waals surface area contributed by atoms with Crippen LogP contribution in [0, 0.1) is 11.6 Å². The number of aromatic nitrogens is 2. The maximum absolute atomic E-state index is 13.6. The maximum Gasteiger partial charge on any atom is 0.330 e. The minimum absolute atomic E-state index is 0.120. The van der Waals surface area contributed by atoms with Crippen LogP contribution in [-0.4, -0.2) is 28.7 Å². The third kappa shape index (κ3) is 2.65. The van der Waals surface area contributed by atoms with Gasteiger partial charge in [-0.25, -0.2) is 23.5 Å². The van der Waals surface area contributed by atoms with Crippen LogP contribution < -0.4 is 15.1 Å². The largest absolute Gasteiger partial charge is 0.347 e. The molecule has 3 aromatic rings. The lowest BCUT2D eigenvalue weighted by Crippen LogP contribution is -2.56. The van der Waals surface area contributed by atoms with E-state index in [0.29, 0.717) is 22.9 Å². The number of rotatable bonds is 2. The van der Waals surface area contributed by atoms with E-state index in [9.17, 15) is 13.6 Å². The zero-order chi connectivity index (χ0) is 19.3. The van der Waals surface area contributed by atoms with Gasteiger partial charge < -0.3 is 4.90 Å². The van der Waals surface area contributed by atoms with Crippen LogP contribution in [0.25, 0.3) is 11.3 Å². The smallest absolute Gasteiger partial charge is 0.330 e. The lowest BCUT2D eigenvalue weighted by molar-refractivity contribution is 0.252. The van der Waals surface area contributed by atoms with Crippen LogP contribution in [0.4, 0.5) is 30.9 Å². The molecule has 1 atom stereocenters. The predicted molar refractivity (Wildman–Crippen MR) is 101 cm³/mol. The summed E-state index contributed by atoms with van der Waals surface area (Å²) in [5.74, 6) is -0.440. The first-order valence-corrected chi connectivity index (χ1v) is 8.85. The predicted octanol–water partition coefficient (Wildman–Crippen LogP) is 4.01. The molecule has 8 heteroatoms. The Hall–Kier alpha value is -3.55. The van der Waals surface area contributed by atoms with Crippen LogP contribution in [0.3, 0.4) is 0 Å². The zero-order valence-corrected chi connectivity index (χ0v) is 14.6. The number of benzene rings is 1. The average Bonchev–Trinajstić information content (AvgIpc) is 2.87. The van der Waals surface area contributed by atoms with Crippen molar-refractivity contribution in [2.24, 2.45) is 0 Å². The van der Waals surface area contributed by atoms with E-state index in [-0.39, 0.29) is 12.2 Å². The molecule has 140 valence electrons. The van der Waals surface area contributed by atoms with E-state index < -0.39 is 11.6 Å². The molecule has 0 spiro atoms. The summed E-state index contributed by atoms with van der Waals surface area (Å²) in [6, 6.07) is 11.7. The molecule has 1 saturated heterocycles. The van der Waals surface area contributed by atoms with E-state index in [1.807, 2.05) is 6.07 Å². The van der Waals surface area contributed by atoms with E-state index in [0.717, 1.165) is 24.7 Å². The van der Waals surface area contributed by atoms with E-state index >= 15 is 0 Å². The molecule has 1 N–H and O–H groups in total. The highest BCUT2D eigenvalue weighted by Gasteiger charge is 2.46. The summed E-state index contributed by atoms with van der Waals surface area (Å²) in [7, 11) is 0. The summed E-state index contributed by atoms with van der Waals surface area (Å²) in [4.78, 5) is 25.2. The Bertz CT molecular complexity index is 1060. The molecule has 1 fully saturated rings. The molecule has 2 aliphatic heterocycles. The van der Waals surface area contributed by atoms with Crippen molar-refractivity contribution in [2.45, 2.75) is 12.6 Å². The van der Waals surface area contributed by atoms with Crippen molar-refractivity contribution in [1.29, 1.82) is 0 Å². The monoisotopic (exact) mass is 379 g/mol. The highest BCUT2D eigenvalue weighted by atomic mass is 19.1. The Kier molecular flexibility index (Phi) is 3.71. The van der Waals surface area contributed by atoms with Crippen LogP contribution in [-0.2, 0) is 0 Å². The van der Waals surface area contributed by atoms with Gasteiger partial charge >= 0.3 is 6.03 Å². The summed E-state index contributed by atoms with van der Waals surface area (Å²) >= 11 is 0. The normalized spacial score (nSPS) is 17.0. The highest BCUT2D eigenvalue weighted by Crippen LogP contribution is 2.45. The number of amides is 2. The average molecular weight is 379 g/mol. The van der Waals surface area contributed by atoms with Crippen molar-refractivity contribution in [3.05, 3.63) is 66.4 Å². The van der Waals surface area contributed by atoms with E-state index in [1.54, 1.807) is 35.4 Å². The van der Waals surface area contributed by atoms with Crippen molar-refractivity contribution in [1.82, 2.24) is 9.97 Å². The quantitative estimate of drug-likeness (QED) is 0.731. The first-order chi connectivity index (χ1) is 13.6. The number of urea groups is 1. The fourth-order valence-electron chi connectivity index (χ4n) is 3.61. The number of fused-ring (bicyclic) bond motifs is 3. The van der Waals surface area contributed by atoms with Crippen LogP contribution in [0.1, 0.15) is 6.42 Å². The minimum atomic E-state index is -0.675. The maximum atomic E-state index is 13.6. The summed E-state index contributed by atoms with van der Waals surface area (Å²) in [6.45, 7) is 0.820. The molecular weight excluding hydrogens is 364 g/mol. The van der Waals surface area contributed by atoms with E-state index in [4.69, 9.17) is 0 Å². The molecule has 2 aliphatic rings. The fraction of sp³-hybridized carbons (Fsp3) is 0.150. The van der Waals surface area contributed by atoms with Crippen molar-refractivity contribution in [3.63, 3.8) is 0 Å². The van der Waals surface area contributed by atoms with Gasteiger partial charge in [0.1, 0.15) is 23.6 Å². The molecule has 4 heterocycles. The van der Waals surface area contributed by atoms with Crippen molar-refractivity contribution in [2.75, 3.05) is 21.7 Å². The van der Waals surface area contributed by atoms with E-state index in [2.05, 4.69) is 20.2 Å². The second kappa shape index (κ2) is 6.26. The number of carbonyl (C=O) groups is 1. The number of nitrogens with one attached hydrogen (secondary N) is 1. The third-order valence-electron chi connectivity index (χ3n) is 4.96. The van der Waals surface area contributed by atoms with Gasteiger partial charge in [-0.15, -0.1) is 0 Å². The van der Waals surface area contributed by atoms with Crippen molar-refractivity contribution < 1.29 is 13.6 Å². The number of hydrogen-bond donors (Lipinski definition) is 1. The Balaban J connectivity index is 1.52. The molecule has 2 amide bonds. The lowest BCUT2D eigenvalue weighted by Gasteiger charge is -2.39. The SMILES string of the molecule is O=C(Nc1ccccn1)N1c2nc(-c3cc(F)cc(F)c3)ccc2N2CC[C@@H]21. The van der Waals surface area contributed by atoms with Crippen LogP contribution in [0.5, 0.6) is 0 Å². The van der Waals surface area contributed by atoms with Gasteiger partial charge in [0.05, 0.1) is 11.4 Å². The summed E-state index contributed by atoms with van der Waals surface area (Å²) in [5, 5.41) is 2.78. The molecule has 0 saturated carbocycles. The Morgan fingerprint density at radius 2 is 1.93 bits per heavy atom. The van der Waals surface area contributed by atoms with Crippen LogP contribution in [0.2, 0.25) is 0 Å². The van der Waals surface area contributed by atoms with Crippen LogP contribution in [0.15, 0.2) is 54.7 Å². The highest BCUT2D eigenvalue weighted by molar-refractivity contribution is 6.06. The lowest BCUT2D eigenvalue weighted by atomic mass is 10.1. The van der Waals surface area contributed by atoms with Gasteiger partial charge in [0.2, 0.25) is 0 Å². The summed E-state index contributed by atoms with van der Waals surface area (Å²) in [5.41, 5.74) is 1.54. The second-order valence-corrected chi connectivity index (χ2v) is 6.68. The molecule has 28 heavy (non-hydrogen) atoms. The van der Waals surface area contributed by atoms with Gasteiger partial charge in [0.25, 0.3) is 0 Å². The number of hydrogen-bond acceptors (Lipinski definition) is 4. The summed E-state index contributed by atoms with van der Waals surface area (Å²) in [6.07, 6.45) is 2.29. The van der Waals surface area contributed by atoms with Crippen LogP contribution >= 0.6 is 0 Å². The van der Waals surface area contributed by atoms with Crippen molar-refractivity contribution in [3.8, 4) is 11.3 Å². The summed E-state index contributed by atoms with van der Waals surface area (Å²) < 4.78 is 27.2. The van der Waals surface area contributed by atoms with Gasteiger partial charge in [-0.2, -0.15) is 0 Å². The fourth-order valence-corrected chi connectivity index (χ4v) is 3.61. The first-order valence-electron chi connectivity index (χ1n) is 8.85. The standard InChI is InChI=1S/C20H15F2N5O/c21-13-9-12(10-14(22)11-13)15-4-5-16-19(24-15)27(18-6-8-26(16)18)20(28)25-17-3-1-2-7-23-17/h1-5,7,9-11,18H,6,8H2,(H,23,25,28)/t18-/m0/s1. The molecule has 1 aromatic carbocycles. The molecule has 2 aromatic heterocycles. The number of carbonyl (C=O) groups excluding carboxylic acids is 1. The van der Waals surface area contributed by atoms with Gasteiger partial charge in [0.15, 0.2) is 5.82 Å². The van der Waals surface area contributed by atoms with Gasteiger partial charge in [0, 0.05) is 30.8 Å². The Morgan fingerprint density at radius 1 is 1.11 bits per heavy atom. The van der Waals surface area contributed by atoms with Crippen molar-refractivity contribution >= 4 is 23.4 Å². The van der Waals surface area contributed by atoms with Gasteiger partial charge in [-0.1, -0.05) is 6.07 Å². The topological polar surface area (TPSA) is 61.4 Å². The van der Waals surface area contributed by atoms with Gasteiger partial charge in [-0.05, 0) is 36.4 Å². The Morgan fingerprint density at radius 3 is 2.61 bits per heavy atom. The molecule has 0 bridgehead atoms. The number of halogens is 2. The molecule has 6 nitrogen and oxygen atoms in total. The molecular formula is C20H15F2N5O. The molecule has 5 rings (SSSR count). The number of pyridine rings is 2. The molecule has 0 aliphatic carbocycles. The number of nitrogens with zero attached hydrogens (tertiary/aromatic N) is 4. The first kappa shape index (κ1) is 16.6.